The van der Waals surface area contributed by atoms with Crippen molar-refractivity contribution in [3.05, 3.63) is 0 Å². The lowest BCUT2D eigenvalue weighted by atomic mass is 10.1. The van der Waals surface area contributed by atoms with E-state index in [0.29, 0.717) is 13.2 Å². The van der Waals surface area contributed by atoms with Crippen LogP contribution in [0.25, 0.3) is 0 Å². The average molecular weight is 274 g/mol. The highest BCUT2D eigenvalue weighted by Gasteiger charge is 2.27. The second-order valence-electron chi connectivity index (χ2n) is 5.39. The van der Waals surface area contributed by atoms with Gasteiger partial charge < -0.3 is 24.1 Å². The van der Waals surface area contributed by atoms with Gasteiger partial charge in [-0.05, 0) is 25.7 Å². The first kappa shape index (κ1) is 15.2. The number of ether oxygens (including phenoxy) is 4. The minimum atomic E-state index is -0.377. The monoisotopic (exact) mass is 274 g/mol. The third kappa shape index (κ3) is 7.22. The van der Waals surface area contributed by atoms with Crippen molar-refractivity contribution in [3.63, 3.8) is 0 Å². The summed E-state index contributed by atoms with van der Waals surface area (Å²) in [5.41, 5.74) is 0. The van der Waals surface area contributed by atoms with Gasteiger partial charge in [0, 0.05) is 0 Å². The Labute approximate surface area is 115 Å². The first-order valence-electron chi connectivity index (χ1n) is 7.42. The van der Waals surface area contributed by atoms with Gasteiger partial charge in [0.1, 0.15) is 12.7 Å². The Morgan fingerprint density at radius 1 is 1.21 bits per heavy atom. The molecule has 4 atom stereocenters. The Kier molecular flexibility index (Phi) is 6.53. The lowest BCUT2D eigenvalue weighted by molar-refractivity contribution is -0.0236. The fourth-order valence-corrected chi connectivity index (χ4v) is 2.10. The average Bonchev–Trinajstić information content (AvgIpc) is 3.24. The maximum Gasteiger partial charge on any atom is 0.181 e. The molecule has 2 rings (SSSR count). The molecular formula is C14H26O5. The van der Waals surface area contributed by atoms with Gasteiger partial charge in [-0.3, -0.25) is 0 Å². The summed E-state index contributed by atoms with van der Waals surface area (Å²) < 4.78 is 21.3. The molecule has 0 aromatic rings. The maximum absolute atomic E-state index is 9.79. The van der Waals surface area contributed by atoms with E-state index < -0.39 is 0 Å². The summed E-state index contributed by atoms with van der Waals surface area (Å²) in [5, 5.41) is 9.79. The van der Waals surface area contributed by atoms with Crippen LogP contribution in [-0.4, -0.2) is 56.1 Å². The van der Waals surface area contributed by atoms with Crippen LogP contribution in [0.4, 0.5) is 0 Å². The Morgan fingerprint density at radius 3 is 2.63 bits per heavy atom. The summed E-state index contributed by atoms with van der Waals surface area (Å²) in [6.45, 7) is 4.71. The molecule has 5 heteroatoms. The van der Waals surface area contributed by atoms with Crippen molar-refractivity contribution in [2.75, 3.05) is 26.4 Å². The molecular weight excluding hydrogens is 248 g/mol. The Bertz CT molecular complexity index is 240. The van der Waals surface area contributed by atoms with E-state index in [1.54, 1.807) is 0 Å². The van der Waals surface area contributed by atoms with Gasteiger partial charge in [-0.25, -0.2) is 0 Å². The van der Waals surface area contributed by atoms with E-state index in [-0.39, 0.29) is 24.6 Å². The van der Waals surface area contributed by atoms with E-state index in [4.69, 9.17) is 18.9 Å². The van der Waals surface area contributed by atoms with Crippen LogP contribution in [0.3, 0.4) is 0 Å². The van der Waals surface area contributed by atoms with Crippen LogP contribution in [0.5, 0.6) is 0 Å². The highest BCUT2D eigenvalue weighted by atomic mass is 16.8. The second-order valence-corrected chi connectivity index (χ2v) is 5.39. The smallest absolute Gasteiger partial charge is 0.181 e. The summed E-state index contributed by atoms with van der Waals surface area (Å²) in [6.07, 6.45) is 5.08. The predicted molar refractivity (Wildman–Crippen MR) is 69.9 cm³/mol. The Hall–Kier alpha value is -0.200. The van der Waals surface area contributed by atoms with Crippen molar-refractivity contribution in [2.24, 2.45) is 0 Å². The van der Waals surface area contributed by atoms with Gasteiger partial charge in [-0.1, -0.05) is 13.3 Å². The molecule has 0 aromatic carbocycles. The lowest BCUT2D eigenvalue weighted by Gasteiger charge is -2.17. The van der Waals surface area contributed by atoms with Crippen LogP contribution in [0.1, 0.15) is 39.0 Å². The molecule has 0 bridgehead atoms. The molecule has 0 amide bonds. The van der Waals surface area contributed by atoms with Crippen molar-refractivity contribution in [1.29, 1.82) is 0 Å². The molecule has 0 spiro atoms. The van der Waals surface area contributed by atoms with Crippen LogP contribution in [0, 0.1) is 0 Å². The molecule has 5 nitrogen and oxygen atoms in total. The molecule has 2 heterocycles. The summed E-state index contributed by atoms with van der Waals surface area (Å²) in [4.78, 5) is 0. The van der Waals surface area contributed by atoms with Gasteiger partial charge in [-0.2, -0.15) is 0 Å². The molecule has 0 aromatic heterocycles. The molecule has 112 valence electrons. The molecule has 4 unspecified atom stereocenters. The fourth-order valence-electron chi connectivity index (χ4n) is 2.10. The van der Waals surface area contributed by atoms with Gasteiger partial charge in [0.2, 0.25) is 0 Å². The predicted octanol–water partition coefficient (Wildman–Crippen LogP) is 1.47. The topological polar surface area (TPSA) is 63.8 Å². The first-order chi connectivity index (χ1) is 9.28. The van der Waals surface area contributed by atoms with E-state index in [1.807, 2.05) is 0 Å². The molecule has 2 aliphatic heterocycles. The van der Waals surface area contributed by atoms with Crippen LogP contribution in [-0.2, 0) is 18.9 Å². The van der Waals surface area contributed by atoms with Crippen LogP contribution in [0.15, 0.2) is 0 Å². The zero-order valence-corrected chi connectivity index (χ0v) is 11.8. The van der Waals surface area contributed by atoms with E-state index in [9.17, 15) is 5.11 Å². The molecule has 0 radical (unpaired) electrons. The van der Waals surface area contributed by atoms with Crippen LogP contribution in [0.2, 0.25) is 0 Å². The van der Waals surface area contributed by atoms with Gasteiger partial charge in [0.25, 0.3) is 0 Å². The second kappa shape index (κ2) is 8.17. The minimum Gasteiger partial charge on any atom is -0.391 e. The van der Waals surface area contributed by atoms with Crippen LogP contribution >= 0.6 is 0 Å². The number of rotatable bonds is 12. The zero-order valence-electron chi connectivity index (χ0n) is 11.8. The number of epoxide rings is 2. The molecule has 0 saturated carbocycles. The van der Waals surface area contributed by atoms with Crippen molar-refractivity contribution >= 4 is 0 Å². The molecule has 2 aliphatic rings. The van der Waals surface area contributed by atoms with E-state index >= 15 is 0 Å². The van der Waals surface area contributed by atoms with Gasteiger partial charge in [-0.15, -0.1) is 0 Å². The number of hydrogen-bond acceptors (Lipinski definition) is 5. The summed E-state index contributed by atoms with van der Waals surface area (Å²) in [7, 11) is 0. The maximum atomic E-state index is 9.79. The Morgan fingerprint density at radius 2 is 2.00 bits per heavy atom. The van der Waals surface area contributed by atoms with Crippen molar-refractivity contribution < 1.29 is 24.1 Å². The SMILES string of the molecule is CCCC(CCCC(O)COCC1CO1)OC1CO1. The summed E-state index contributed by atoms with van der Waals surface area (Å²) in [5.74, 6) is 0. The third-order valence-electron chi connectivity index (χ3n) is 3.34. The van der Waals surface area contributed by atoms with Crippen molar-refractivity contribution in [3.8, 4) is 0 Å². The minimum absolute atomic E-state index is 0.0309. The summed E-state index contributed by atoms with van der Waals surface area (Å²) in [6, 6.07) is 0. The normalized spacial score (nSPS) is 28.1. The summed E-state index contributed by atoms with van der Waals surface area (Å²) >= 11 is 0. The molecule has 2 fully saturated rings. The number of aliphatic hydroxyl groups is 1. The number of hydrogen-bond donors (Lipinski definition) is 1. The van der Waals surface area contributed by atoms with Crippen LogP contribution < -0.4 is 0 Å². The zero-order chi connectivity index (χ0) is 13.5. The van der Waals surface area contributed by atoms with E-state index in [1.165, 1.54) is 0 Å². The van der Waals surface area contributed by atoms with Gasteiger partial charge >= 0.3 is 0 Å². The molecule has 2 saturated heterocycles. The highest BCUT2D eigenvalue weighted by Crippen LogP contribution is 2.20. The fraction of sp³-hybridized carbons (Fsp3) is 1.00. The first-order valence-corrected chi connectivity index (χ1v) is 7.42. The quantitative estimate of drug-likeness (QED) is 0.546. The standard InChI is InChI=1S/C14H26O5/c1-2-4-12(19-14-10-18-14)6-3-5-11(15)7-16-8-13-9-17-13/h11-15H,2-10H2,1H3. The van der Waals surface area contributed by atoms with Crippen molar-refractivity contribution in [2.45, 2.75) is 63.6 Å². The third-order valence-corrected chi connectivity index (χ3v) is 3.34. The Balaban J connectivity index is 1.47. The highest BCUT2D eigenvalue weighted by molar-refractivity contribution is 4.68. The molecule has 0 aliphatic carbocycles. The molecule has 1 N–H and O–H groups in total. The van der Waals surface area contributed by atoms with Gasteiger partial charge in [0.05, 0.1) is 32.0 Å². The van der Waals surface area contributed by atoms with Gasteiger partial charge in [0.15, 0.2) is 6.29 Å². The molecule has 19 heavy (non-hydrogen) atoms. The largest absolute Gasteiger partial charge is 0.391 e. The van der Waals surface area contributed by atoms with E-state index in [0.717, 1.165) is 45.3 Å². The van der Waals surface area contributed by atoms with Crippen molar-refractivity contribution in [1.82, 2.24) is 0 Å². The lowest BCUT2D eigenvalue weighted by Crippen LogP contribution is -2.19. The number of aliphatic hydroxyl groups excluding tert-OH is 1. The van der Waals surface area contributed by atoms with E-state index in [2.05, 4.69) is 6.92 Å².